The highest BCUT2D eigenvalue weighted by molar-refractivity contribution is 5.79. The smallest absolute Gasteiger partial charge is 0.224 e. The van der Waals surface area contributed by atoms with Crippen LogP contribution in [0.4, 0.5) is 0 Å². The van der Waals surface area contributed by atoms with E-state index in [-0.39, 0.29) is 17.9 Å². The lowest BCUT2D eigenvalue weighted by atomic mass is 9.84. The molecule has 0 spiro atoms. The van der Waals surface area contributed by atoms with Crippen molar-refractivity contribution in [3.05, 3.63) is 0 Å². The maximum absolute atomic E-state index is 12.3. The topological polar surface area (TPSA) is 58.4 Å². The molecule has 0 bridgehead atoms. The van der Waals surface area contributed by atoms with Crippen molar-refractivity contribution in [2.75, 3.05) is 19.6 Å². The second-order valence-corrected chi connectivity index (χ2v) is 6.53. The van der Waals surface area contributed by atoms with Gasteiger partial charge in [-0.1, -0.05) is 26.2 Å². The summed E-state index contributed by atoms with van der Waals surface area (Å²) in [5, 5.41) is 3.25. The monoisotopic (exact) mass is 281 g/mol. The van der Waals surface area contributed by atoms with E-state index in [9.17, 15) is 4.79 Å². The summed E-state index contributed by atoms with van der Waals surface area (Å²) in [6, 6.07) is 0.447. The number of amides is 1. The maximum Gasteiger partial charge on any atom is 0.224 e. The van der Waals surface area contributed by atoms with Crippen LogP contribution in [-0.2, 0) is 4.79 Å². The van der Waals surface area contributed by atoms with Gasteiger partial charge in [0.15, 0.2) is 0 Å². The Bertz CT molecular complexity index is 300. The third-order valence-corrected chi connectivity index (χ3v) is 4.92. The van der Waals surface area contributed by atoms with Gasteiger partial charge >= 0.3 is 0 Å². The van der Waals surface area contributed by atoms with E-state index in [4.69, 9.17) is 5.73 Å². The molecule has 2 atom stereocenters. The van der Waals surface area contributed by atoms with E-state index in [0.717, 1.165) is 45.2 Å². The van der Waals surface area contributed by atoms with Gasteiger partial charge in [-0.25, -0.2) is 0 Å². The van der Waals surface area contributed by atoms with Crippen LogP contribution in [0.5, 0.6) is 0 Å². The molecular weight excluding hydrogens is 250 g/mol. The minimum Gasteiger partial charge on any atom is -0.353 e. The molecule has 2 aliphatic rings. The molecule has 3 N–H and O–H groups in total. The number of hydrogen-bond acceptors (Lipinski definition) is 3. The average molecular weight is 281 g/mol. The van der Waals surface area contributed by atoms with Crippen LogP contribution in [-0.4, -0.2) is 42.5 Å². The van der Waals surface area contributed by atoms with E-state index in [1.807, 2.05) is 0 Å². The summed E-state index contributed by atoms with van der Waals surface area (Å²) in [6.45, 7) is 5.70. The Kier molecular flexibility index (Phi) is 6.30. The van der Waals surface area contributed by atoms with Gasteiger partial charge in [0.25, 0.3) is 0 Å². The second-order valence-electron chi connectivity index (χ2n) is 6.53. The summed E-state index contributed by atoms with van der Waals surface area (Å²) in [5.41, 5.74) is 6.09. The van der Waals surface area contributed by atoms with E-state index >= 15 is 0 Å². The first-order valence-corrected chi connectivity index (χ1v) is 8.49. The second kappa shape index (κ2) is 7.99. The molecule has 116 valence electrons. The molecule has 0 radical (unpaired) electrons. The lowest BCUT2D eigenvalue weighted by molar-refractivity contribution is -0.127. The predicted octanol–water partition coefficient (Wildman–Crippen LogP) is 1.88. The number of likely N-dealkylation sites (tertiary alicyclic amines) is 1. The lowest BCUT2D eigenvalue weighted by Gasteiger charge is -2.34. The third kappa shape index (κ3) is 4.45. The zero-order valence-corrected chi connectivity index (χ0v) is 12.9. The summed E-state index contributed by atoms with van der Waals surface area (Å²) in [4.78, 5) is 14.9. The number of piperidine rings is 1. The van der Waals surface area contributed by atoms with Crippen LogP contribution in [0.15, 0.2) is 0 Å². The maximum atomic E-state index is 12.3. The Morgan fingerprint density at radius 1 is 1.20 bits per heavy atom. The molecular formula is C16H31N3O. The van der Waals surface area contributed by atoms with Crippen LogP contribution in [0.1, 0.15) is 58.3 Å². The van der Waals surface area contributed by atoms with Crippen LogP contribution in [0.25, 0.3) is 0 Å². The first kappa shape index (κ1) is 15.8. The van der Waals surface area contributed by atoms with Crippen LogP contribution in [0, 0.1) is 5.92 Å². The predicted molar refractivity (Wildman–Crippen MR) is 82.4 cm³/mol. The van der Waals surface area contributed by atoms with Crippen molar-refractivity contribution < 1.29 is 4.79 Å². The first-order chi connectivity index (χ1) is 9.70. The van der Waals surface area contributed by atoms with Gasteiger partial charge in [0.2, 0.25) is 5.91 Å². The molecule has 4 nitrogen and oxygen atoms in total. The Morgan fingerprint density at radius 3 is 2.55 bits per heavy atom. The van der Waals surface area contributed by atoms with E-state index in [1.165, 1.54) is 25.8 Å². The quantitative estimate of drug-likeness (QED) is 0.809. The van der Waals surface area contributed by atoms with Crippen LogP contribution >= 0.6 is 0 Å². The van der Waals surface area contributed by atoms with Gasteiger partial charge in [-0.3, -0.25) is 4.79 Å². The van der Waals surface area contributed by atoms with Gasteiger partial charge in [-0.2, -0.15) is 0 Å². The van der Waals surface area contributed by atoms with Crippen molar-refractivity contribution in [2.24, 2.45) is 11.7 Å². The number of nitrogens with zero attached hydrogens (tertiary/aromatic N) is 1. The van der Waals surface area contributed by atoms with Gasteiger partial charge in [-0.15, -0.1) is 0 Å². The molecule has 2 fully saturated rings. The fourth-order valence-electron chi connectivity index (χ4n) is 3.48. The molecule has 4 heteroatoms. The number of carbonyl (C=O) groups excluding carboxylic acids is 1. The molecule has 20 heavy (non-hydrogen) atoms. The molecule has 1 aliphatic carbocycles. The van der Waals surface area contributed by atoms with Crippen molar-refractivity contribution >= 4 is 5.91 Å². The SMILES string of the molecule is CCCCN1CCC(NC(=O)C2CCCCC2N)CC1. The number of hydrogen-bond donors (Lipinski definition) is 2. The standard InChI is InChI=1S/C16H31N3O/c1-2-3-10-19-11-8-13(9-12-19)18-16(20)14-6-4-5-7-15(14)17/h13-15H,2-12,17H2,1H3,(H,18,20). The summed E-state index contributed by atoms with van der Waals surface area (Å²) in [6.07, 6.45) is 9.05. The number of unbranched alkanes of at least 4 members (excludes halogenated alkanes) is 1. The zero-order chi connectivity index (χ0) is 14.4. The highest BCUT2D eigenvalue weighted by Crippen LogP contribution is 2.23. The fraction of sp³-hybridized carbons (Fsp3) is 0.938. The fourth-order valence-corrected chi connectivity index (χ4v) is 3.48. The van der Waals surface area contributed by atoms with Gasteiger partial charge in [-0.05, 0) is 38.6 Å². The summed E-state index contributed by atoms with van der Waals surface area (Å²) >= 11 is 0. The van der Waals surface area contributed by atoms with Gasteiger partial charge in [0, 0.05) is 25.2 Å². The molecule has 1 saturated heterocycles. The van der Waals surface area contributed by atoms with E-state index in [0.29, 0.717) is 6.04 Å². The van der Waals surface area contributed by atoms with Crippen molar-refractivity contribution in [1.29, 1.82) is 0 Å². The molecule has 0 aromatic rings. The number of nitrogens with one attached hydrogen (secondary N) is 1. The third-order valence-electron chi connectivity index (χ3n) is 4.92. The van der Waals surface area contributed by atoms with Gasteiger partial charge in [0.1, 0.15) is 0 Å². The molecule has 1 aliphatic heterocycles. The minimum absolute atomic E-state index is 0.0573. The normalized spacial score (nSPS) is 29.3. The molecule has 2 rings (SSSR count). The van der Waals surface area contributed by atoms with Crippen molar-refractivity contribution in [1.82, 2.24) is 10.2 Å². The Hall–Kier alpha value is -0.610. The van der Waals surface area contributed by atoms with Gasteiger partial charge in [0.05, 0.1) is 5.92 Å². The Balaban J connectivity index is 1.70. The molecule has 1 amide bonds. The molecule has 0 aromatic heterocycles. The Morgan fingerprint density at radius 2 is 1.90 bits per heavy atom. The zero-order valence-electron chi connectivity index (χ0n) is 12.9. The van der Waals surface area contributed by atoms with E-state index < -0.39 is 0 Å². The van der Waals surface area contributed by atoms with Crippen LogP contribution < -0.4 is 11.1 Å². The summed E-state index contributed by atoms with van der Waals surface area (Å²) in [5.74, 6) is 0.270. The number of rotatable bonds is 5. The molecule has 1 saturated carbocycles. The number of carbonyl (C=O) groups is 1. The van der Waals surface area contributed by atoms with Crippen molar-refractivity contribution in [3.8, 4) is 0 Å². The Labute approximate surface area is 123 Å². The molecule has 1 heterocycles. The average Bonchev–Trinajstić information content (AvgIpc) is 2.47. The summed E-state index contributed by atoms with van der Waals surface area (Å²) in [7, 11) is 0. The number of nitrogens with two attached hydrogens (primary N) is 1. The van der Waals surface area contributed by atoms with E-state index in [1.54, 1.807) is 0 Å². The van der Waals surface area contributed by atoms with Gasteiger partial charge < -0.3 is 16.0 Å². The molecule has 0 aromatic carbocycles. The highest BCUT2D eigenvalue weighted by atomic mass is 16.2. The highest BCUT2D eigenvalue weighted by Gasteiger charge is 2.30. The summed E-state index contributed by atoms with van der Waals surface area (Å²) < 4.78 is 0. The minimum atomic E-state index is 0.0573. The van der Waals surface area contributed by atoms with Crippen LogP contribution in [0.3, 0.4) is 0 Å². The van der Waals surface area contributed by atoms with Crippen LogP contribution in [0.2, 0.25) is 0 Å². The first-order valence-electron chi connectivity index (χ1n) is 8.49. The lowest BCUT2D eigenvalue weighted by Crippen LogP contribution is -2.50. The van der Waals surface area contributed by atoms with Crippen molar-refractivity contribution in [2.45, 2.75) is 70.4 Å². The van der Waals surface area contributed by atoms with E-state index in [2.05, 4.69) is 17.1 Å². The van der Waals surface area contributed by atoms with Crippen molar-refractivity contribution in [3.63, 3.8) is 0 Å². The molecule has 2 unspecified atom stereocenters. The largest absolute Gasteiger partial charge is 0.353 e.